The lowest BCUT2D eigenvalue weighted by Gasteiger charge is -1.92. The lowest BCUT2D eigenvalue weighted by Crippen LogP contribution is -2.01. The Morgan fingerprint density at radius 2 is 2.30 bits per heavy atom. The summed E-state index contributed by atoms with van der Waals surface area (Å²) in [6, 6.07) is 0.931. The number of carbonyl (C=O) groups is 1. The van der Waals surface area contributed by atoms with Gasteiger partial charge in [0.05, 0.1) is 6.04 Å². The second-order valence-electron chi connectivity index (χ2n) is 3.29. The van der Waals surface area contributed by atoms with E-state index in [4.69, 9.17) is 0 Å². The Morgan fingerprint density at radius 3 is 2.60 bits per heavy atom. The van der Waals surface area contributed by atoms with Gasteiger partial charge >= 0.3 is 0 Å². The summed E-state index contributed by atoms with van der Waals surface area (Å²) in [5.41, 5.74) is 0. The second-order valence-corrected chi connectivity index (χ2v) is 3.29. The Morgan fingerprint density at radius 1 is 1.60 bits per heavy atom. The van der Waals surface area contributed by atoms with Crippen molar-refractivity contribution in [2.24, 2.45) is 5.92 Å². The minimum Gasteiger partial charge on any atom is -0.302 e. The van der Waals surface area contributed by atoms with Crippen molar-refractivity contribution in [2.45, 2.75) is 31.8 Å². The first-order valence-corrected chi connectivity index (χ1v) is 4.09. The van der Waals surface area contributed by atoms with Crippen molar-refractivity contribution < 1.29 is 4.79 Å². The molecule has 1 aliphatic carbocycles. The van der Waals surface area contributed by atoms with Gasteiger partial charge < -0.3 is 4.79 Å². The maximum atomic E-state index is 10.4. The molecular formula is C8H13NO. The van der Waals surface area contributed by atoms with Crippen LogP contribution in [0.25, 0.3) is 0 Å². The van der Waals surface area contributed by atoms with Crippen LogP contribution in [0.5, 0.6) is 0 Å². The number of rotatable bonds is 3. The first-order valence-electron chi connectivity index (χ1n) is 4.09. The smallest absolute Gasteiger partial charge is 0.138 e. The summed E-state index contributed by atoms with van der Waals surface area (Å²) in [4.78, 5) is 12.7. The second kappa shape index (κ2) is 2.06. The van der Waals surface area contributed by atoms with Gasteiger partial charge in [-0.25, -0.2) is 0 Å². The molecule has 2 aliphatic rings. The molecule has 2 heteroatoms. The zero-order valence-electron chi connectivity index (χ0n) is 6.29. The van der Waals surface area contributed by atoms with Crippen LogP contribution >= 0.6 is 0 Å². The Balaban J connectivity index is 1.92. The van der Waals surface area contributed by atoms with Crippen molar-refractivity contribution in [3.05, 3.63) is 0 Å². The molecule has 10 heavy (non-hydrogen) atoms. The van der Waals surface area contributed by atoms with Crippen molar-refractivity contribution in [2.75, 3.05) is 6.54 Å². The molecule has 1 heterocycles. The van der Waals surface area contributed by atoms with Crippen molar-refractivity contribution in [3.63, 3.8) is 0 Å². The quantitative estimate of drug-likeness (QED) is 0.423. The van der Waals surface area contributed by atoms with E-state index in [1.54, 1.807) is 0 Å². The number of carbonyl (C=O) groups excluding carboxylic acids is 1. The lowest BCUT2D eigenvalue weighted by atomic mass is 10.2. The van der Waals surface area contributed by atoms with Gasteiger partial charge in [-0.1, -0.05) is 6.92 Å². The van der Waals surface area contributed by atoms with Crippen molar-refractivity contribution in [3.8, 4) is 0 Å². The van der Waals surface area contributed by atoms with Gasteiger partial charge in [0.2, 0.25) is 0 Å². The van der Waals surface area contributed by atoms with Gasteiger partial charge in [-0.05, 0) is 25.3 Å². The first-order chi connectivity index (χ1) is 4.88. The van der Waals surface area contributed by atoms with Gasteiger partial charge in [0, 0.05) is 6.04 Å². The summed E-state index contributed by atoms with van der Waals surface area (Å²) >= 11 is 0. The highest BCUT2D eigenvalue weighted by atomic mass is 16.1. The number of aldehydes is 1. The minimum absolute atomic E-state index is 0.289. The van der Waals surface area contributed by atoms with Crippen molar-refractivity contribution in [1.82, 2.24) is 4.90 Å². The van der Waals surface area contributed by atoms with Crippen LogP contribution in [0.1, 0.15) is 19.8 Å². The third-order valence-electron chi connectivity index (χ3n) is 2.64. The molecule has 1 saturated heterocycles. The number of hydrogen-bond donors (Lipinski definition) is 0. The van der Waals surface area contributed by atoms with Gasteiger partial charge in [0.25, 0.3) is 0 Å². The lowest BCUT2D eigenvalue weighted by molar-refractivity contribution is -0.108. The van der Waals surface area contributed by atoms with Crippen LogP contribution in [0.4, 0.5) is 0 Å². The Bertz CT molecular complexity index is 153. The molecule has 1 saturated carbocycles. The molecule has 0 spiro atoms. The van der Waals surface area contributed by atoms with E-state index in [-0.39, 0.29) is 6.04 Å². The van der Waals surface area contributed by atoms with E-state index in [9.17, 15) is 4.79 Å². The molecule has 0 N–H and O–H groups in total. The van der Waals surface area contributed by atoms with Crippen molar-refractivity contribution in [1.29, 1.82) is 0 Å². The standard InChI is InChI=1S/C8H13NO/c1-2-9-7(5-10)8(9)6-3-4-6/h5-8H,2-4H2,1H3/t7-,8+,9?/m0/s1. The molecule has 3 atom stereocenters. The molecule has 1 unspecified atom stereocenters. The largest absolute Gasteiger partial charge is 0.302 e. The minimum atomic E-state index is 0.289. The molecule has 2 fully saturated rings. The molecule has 0 aromatic rings. The highest BCUT2D eigenvalue weighted by Gasteiger charge is 2.53. The fraction of sp³-hybridized carbons (Fsp3) is 0.875. The molecule has 2 rings (SSSR count). The third kappa shape index (κ3) is 0.788. The normalized spacial score (nSPS) is 45.1. The summed E-state index contributed by atoms with van der Waals surface area (Å²) in [7, 11) is 0. The zero-order chi connectivity index (χ0) is 7.14. The Hall–Kier alpha value is -0.370. The Kier molecular flexibility index (Phi) is 1.31. The average Bonchev–Trinajstić information content (AvgIpc) is 2.82. The zero-order valence-corrected chi connectivity index (χ0v) is 6.29. The van der Waals surface area contributed by atoms with E-state index >= 15 is 0 Å². The van der Waals surface area contributed by atoms with Gasteiger partial charge in [-0.2, -0.15) is 0 Å². The molecule has 0 amide bonds. The Labute approximate surface area is 61.2 Å². The van der Waals surface area contributed by atoms with Crippen molar-refractivity contribution >= 4 is 6.29 Å². The molecule has 2 nitrogen and oxygen atoms in total. The van der Waals surface area contributed by atoms with Gasteiger partial charge in [-0.3, -0.25) is 4.90 Å². The van der Waals surface area contributed by atoms with E-state index in [1.165, 1.54) is 12.8 Å². The van der Waals surface area contributed by atoms with E-state index in [1.807, 2.05) is 0 Å². The number of hydrogen-bond acceptors (Lipinski definition) is 2. The predicted molar refractivity (Wildman–Crippen MR) is 38.7 cm³/mol. The molecule has 0 bridgehead atoms. The van der Waals surface area contributed by atoms with Gasteiger partial charge in [0.1, 0.15) is 6.29 Å². The van der Waals surface area contributed by atoms with Crippen LogP contribution in [0.15, 0.2) is 0 Å². The van der Waals surface area contributed by atoms with E-state index in [2.05, 4.69) is 11.8 Å². The number of nitrogens with zero attached hydrogens (tertiary/aromatic N) is 1. The summed E-state index contributed by atoms with van der Waals surface area (Å²) in [5, 5.41) is 0. The van der Waals surface area contributed by atoms with Crippen LogP contribution < -0.4 is 0 Å². The average molecular weight is 139 g/mol. The molecular weight excluding hydrogens is 126 g/mol. The predicted octanol–water partition coefficient (Wildman–Crippen LogP) is 0.668. The molecule has 0 aromatic heterocycles. The molecule has 1 aliphatic heterocycles. The highest BCUT2D eigenvalue weighted by Crippen LogP contribution is 2.45. The fourth-order valence-electron chi connectivity index (χ4n) is 1.89. The summed E-state index contributed by atoms with van der Waals surface area (Å²) in [5.74, 6) is 0.871. The SMILES string of the molecule is CCN1[C@H](C2CC2)[C@@H]1C=O. The van der Waals surface area contributed by atoms with E-state index in [0.29, 0.717) is 6.04 Å². The van der Waals surface area contributed by atoms with E-state index in [0.717, 1.165) is 18.7 Å². The van der Waals surface area contributed by atoms with Crippen LogP contribution in [-0.2, 0) is 4.79 Å². The van der Waals surface area contributed by atoms with Crippen LogP contribution in [0.3, 0.4) is 0 Å². The first kappa shape index (κ1) is 6.35. The highest BCUT2D eigenvalue weighted by molar-refractivity contribution is 5.64. The summed E-state index contributed by atoms with van der Waals surface area (Å²) in [6.45, 7) is 3.17. The summed E-state index contributed by atoms with van der Waals surface area (Å²) < 4.78 is 0. The number of likely N-dealkylation sites (N-methyl/N-ethyl adjacent to an activating group) is 1. The van der Waals surface area contributed by atoms with Crippen LogP contribution in [0, 0.1) is 5.92 Å². The maximum absolute atomic E-state index is 10.4. The van der Waals surface area contributed by atoms with E-state index < -0.39 is 0 Å². The fourth-order valence-corrected chi connectivity index (χ4v) is 1.89. The van der Waals surface area contributed by atoms with Gasteiger partial charge in [0.15, 0.2) is 0 Å². The molecule has 0 radical (unpaired) electrons. The van der Waals surface area contributed by atoms with Crippen LogP contribution in [0.2, 0.25) is 0 Å². The monoisotopic (exact) mass is 139 g/mol. The molecule has 56 valence electrons. The third-order valence-corrected chi connectivity index (χ3v) is 2.64. The maximum Gasteiger partial charge on any atom is 0.138 e. The van der Waals surface area contributed by atoms with Gasteiger partial charge in [-0.15, -0.1) is 0 Å². The van der Waals surface area contributed by atoms with Crippen LogP contribution in [-0.4, -0.2) is 29.8 Å². The topological polar surface area (TPSA) is 20.1 Å². The molecule has 0 aromatic carbocycles. The summed E-state index contributed by atoms with van der Waals surface area (Å²) in [6.07, 6.45) is 3.81.